The summed E-state index contributed by atoms with van der Waals surface area (Å²) < 4.78 is 0. The van der Waals surface area contributed by atoms with Crippen molar-refractivity contribution in [3.63, 3.8) is 0 Å². The van der Waals surface area contributed by atoms with E-state index in [1.807, 2.05) is 0 Å². The number of carbonyl (C=O) groups excluding carboxylic acids is 5. The highest BCUT2D eigenvalue weighted by Crippen LogP contribution is 2.24. The summed E-state index contributed by atoms with van der Waals surface area (Å²) in [6, 6.07) is 34.5. The Kier molecular flexibility index (Phi) is 9.64. The van der Waals surface area contributed by atoms with Gasteiger partial charge in [0.25, 0.3) is 0 Å². The molecule has 0 N–H and O–H groups in total. The molecule has 5 rings (SSSR count). The molecule has 0 bridgehead atoms. The fourth-order valence-corrected chi connectivity index (χ4v) is 5.13. The van der Waals surface area contributed by atoms with E-state index < -0.39 is 5.78 Å². The maximum atomic E-state index is 14.2. The van der Waals surface area contributed by atoms with Gasteiger partial charge in [0.1, 0.15) is 0 Å². The van der Waals surface area contributed by atoms with Crippen LogP contribution in [-0.2, 0) is 0 Å². The number of carbonyl (C=O) groups is 5. The van der Waals surface area contributed by atoms with Crippen LogP contribution in [0.15, 0.2) is 151 Å². The molecule has 46 heavy (non-hydrogen) atoms. The second kappa shape index (κ2) is 14.1. The Balaban J connectivity index is 1.67. The van der Waals surface area contributed by atoms with Gasteiger partial charge in [-0.25, -0.2) is 0 Å². The third kappa shape index (κ3) is 6.85. The van der Waals surface area contributed by atoms with Gasteiger partial charge in [-0.15, -0.1) is 0 Å². The van der Waals surface area contributed by atoms with E-state index in [2.05, 4.69) is 0 Å². The molecule has 5 aromatic carbocycles. The SMILES string of the molecule is CC=CC(=CC)C(=O)c1cc(C(=O)c2ccccc2)cc(C(=O)c2cc(C(=O)c3ccccc3)cc(C(=O)c3ccccc3)c2)c1. The normalized spacial score (nSPS) is 11.3. The molecule has 0 atom stereocenters. The Morgan fingerprint density at radius 2 is 0.674 bits per heavy atom. The number of rotatable bonds is 11. The minimum atomic E-state index is -0.547. The molecule has 0 aliphatic rings. The first-order chi connectivity index (χ1) is 22.3. The van der Waals surface area contributed by atoms with Crippen molar-refractivity contribution in [2.75, 3.05) is 0 Å². The molecule has 224 valence electrons. The number of benzene rings is 5. The molecule has 0 aliphatic carbocycles. The third-order valence-electron chi connectivity index (χ3n) is 7.47. The Morgan fingerprint density at radius 1 is 0.391 bits per heavy atom. The highest BCUT2D eigenvalue weighted by atomic mass is 16.1. The summed E-state index contributed by atoms with van der Waals surface area (Å²) in [5.74, 6) is -1.97. The van der Waals surface area contributed by atoms with Crippen LogP contribution >= 0.6 is 0 Å². The molecular weight excluding hydrogens is 572 g/mol. The Bertz CT molecular complexity index is 1950. The van der Waals surface area contributed by atoms with Gasteiger partial charge in [-0.3, -0.25) is 24.0 Å². The van der Waals surface area contributed by atoms with E-state index in [0.29, 0.717) is 22.3 Å². The summed E-state index contributed by atoms with van der Waals surface area (Å²) in [5, 5.41) is 0. The van der Waals surface area contributed by atoms with Crippen LogP contribution in [0, 0.1) is 0 Å². The topological polar surface area (TPSA) is 85.3 Å². The van der Waals surface area contributed by atoms with E-state index in [1.165, 1.54) is 36.4 Å². The average molecular weight is 603 g/mol. The molecule has 0 heterocycles. The number of hydrogen-bond donors (Lipinski definition) is 0. The lowest BCUT2D eigenvalue weighted by Gasteiger charge is -2.12. The lowest BCUT2D eigenvalue weighted by Crippen LogP contribution is -2.13. The van der Waals surface area contributed by atoms with E-state index in [9.17, 15) is 24.0 Å². The van der Waals surface area contributed by atoms with Crippen molar-refractivity contribution in [2.45, 2.75) is 13.8 Å². The van der Waals surface area contributed by atoms with Crippen LogP contribution in [0.1, 0.15) is 87.9 Å². The van der Waals surface area contributed by atoms with E-state index in [0.717, 1.165) is 0 Å². The summed E-state index contributed by atoms with van der Waals surface area (Å²) >= 11 is 0. The molecule has 5 heteroatoms. The molecule has 5 aromatic rings. The fourth-order valence-electron chi connectivity index (χ4n) is 5.13. The maximum absolute atomic E-state index is 14.2. The molecule has 0 spiro atoms. The summed E-state index contributed by atoms with van der Waals surface area (Å²) in [5.41, 5.74) is 2.39. The van der Waals surface area contributed by atoms with Gasteiger partial charge >= 0.3 is 0 Å². The van der Waals surface area contributed by atoms with Gasteiger partial charge in [0, 0.05) is 55.6 Å². The average Bonchev–Trinajstić information content (AvgIpc) is 3.12. The minimum Gasteiger partial charge on any atom is -0.289 e. The maximum Gasteiger partial charge on any atom is 0.193 e. The third-order valence-corrected chi connectivity index (χ3v) is 7.47. The first kappa shape index (κ1) is 31.4. The van der Waals surface area contributed by atoms with Crippen molar-refractivity contribution in [3.05, 3.63) is 201 Å². The molecule has 0 saturated carbocycles. The first-order valence-electron chi connectivity index (χ1n) is 14.8. The van der Waals surface area contributed by atoms with Crippen LogP contribution < -0.4 is 0 Å². The van der Waals surface area contributed by atoms with E-state index in [-0.39, 0.29) is 56.5 Å². The van der Waals surface area contributed by atoms with Crippen LogP contribution in [0.2, 0.25) is 0 Å². The smallest absolute Gasteiger partial charge is 0.193 e. The molecule has 0 unspecified atom stereocenters. The largest absolute Gasteiger partial charge is 0.289 e. The molecule has 0 amide bonds. The highest BCUT2D eigenvalue weighted by molar-refractivity contribution is 6.20. The fraction of sp³-hybridized carbons (Fsp3) is 0.0488. The number of ketones is 5. The minimum absolute atomic E-state index is 0.0727. The van der Waals surface area contributed by atoms with Crippen molar-refractivity contribution in [1.29, 1.82) is 0 Å². The molecule has 0 aliphatic heterocycles. The molecular formula is C41H30O5. The van der Waals surface area contributed by atoms with Crippen molar-refractivity contribution in [3.8, 4) is 0 Å². The molecule has 0 saturated heterocycles. The molecule has 5 nitrogen and oxygen atoms in total. The van der Waals surface area contributed by atoms with Crippen LogP contribution in [0.25, 0.3) is 0 Å². The van der Waals surface area contributed by atoms with Gasteiger partial charge in [0.05, 0.1) is 0 Å². The Labute approximate surface area is 267 Å². The zero-order valence-electron chi connectivity index (χ0n) is 25.4. The lowest BCUT2D eigenvalue weighted by atomic mass is 9.89. The predicted octanol–water partition coefficient (Wildman–Crippen LogP) is 8.32. The monoisotopic (exact) mass is 602 g/mol. The van der Waals surface area contributed by atoms with E-state index in [1.54, 1.807) is 123 Å². The molecule has 0 aromatic heterocycles. The number of Topliss-reactive ketones (excluding diaryl/α,β-unsaturated/α-hetero) is 1. The van der Waals surface area contributed by atoms with Gasteiger partial charge in [0.15, 0.2) is 28.9 Å². The first-order valence-corrected chi connectivity index (χ1v) is 14.8. The van der Waals surface area contributed by atoms with E-state index >= 15 is 0 Å². The predicted molar refractivity (Wildman–Crippen MR) is 179 cm³/mol. The van der Waals surface area contributed by atoms with Gasteiger partial charge in [-0.2, -0.15) is 0 Å². The van der Waals surface area contributed by atoms with Gasteiger partial charge in [0.2, 0.25) is 0 Å². The number of allylic oxidation sites excluding steroid dienone is 4. The van der Waals surface area contributed by atoms with Gasteiger partial charge in [-0.05, 0) is 50.2 Å². The summed E-state index contributed by atoms with van der Waals surface area (Å²) in [4.78, 5) is 68.5. The van der Waals surface area contributed by atoms with E-state index in [4.69, 9.17) is 0 Å². The quantitative estimate of drug-likeness (QED) is 0.0862. The highest BCUT2D eigenvalue weighted by Gasteiger charge is 2.22. The van der Waals surface area contributed by atoms with Crippen molar-refractivity contribution < 1.29 is 24.0 Å². The van der Waals surface area contributed by atoms with Crippen LogP contribution in [-0.4, -0.2) is 28.9 Å². The van der Waals surface area contributed by atoms with Gasteiger partial charge < -0.3 is 0 Å². The molecule has 0 radical (unpaired) electrons. The van der Waals surface area contributed by atoms with Crippen LogP contribution in [0.5, 0.6) is 0 Å². The van der Waals surface area contributed by atoms with Crippen molar-refractivity contribution in [1.82, 2.24) is 0 Å². The Morgan fingerprint density at radius 3 is 0.957 bits per heavy atom. The standard InChI is InChI=1S/C41H30O5/c1-3-14-27(4-2)37(42)31-21-32(38(43)28-15-8-5-9-16-28)24-35(22-31)41(46)36-25-33(39(44)29-17-10-6-11-18-29)23-34(26-36)40(45)30-19-12-7-13-20-30/h3-26H,1-2H3. The summed E-state index contributed by atoms with van der Waals surface area (Å²) in [6.07, 6.45) is 5.06. The summed E-state index contributed by atoms with van der Waals surface area (Å²) in [6.45, 7) is 3.53. The molecule has 0 fully saturated rings. The van der Waals surface area contributed by atoms with Crippen LogP contribution in [0.4, 0.5) is 0 Å². The van der Waals surface area contributed by atoms with Crippen LogP contribution in [0.3, 0.4) is 0 Å². The summed E-state index contributed by atoms with van der Waals surface area (Å²) in [7, 11) is 0. The van der Waals surface area contributed by atoms with Crippen molar-refractivity contribution >= 4 is 28.9 Å². The van der Waals surface area contributed by atoms with Gasteiger partial charge in [-0.1, -0.05) is 109 Å². The number of hydrogen-bond acceptors (Lipinski definition) is 5. The zero-order chi connectivity index (χ0) is 32.6. The zero-order valence-corrected chi connectivity index (χ0v) is 25.4. The Hall–Kier alpha value is -6.07. The second-order valence-corrected chi connectivity index (χ2v) is 10.6. The lowest BCUT2D eigenvalue weighted by molar-refractivity contribution is 0.102. The van der Waals surface area contributed by atoms with Crippen molar-refractivity contribution in [2.24, 2.45) is 0 Å². The second-order valence-electron chi connectivity index (χ2n) is 10.6.